The summed E-state index contributed by atoms with van der Waals surface area (Å²) in [6.07, 6.45) is 2.32. The summed E-state index contributed by atoms with van der Waals surface area (Å²) in [6.45, 7) is 1.47. The van der Waals surface area contributed by atoms with E-state index >= 15 is 0 Å². The van der Waals surface area contributed by atoms with Gasteiger partial charge in [-0.05, 0) is 47.0 Å². The molecule has 1 unspecified atom stereocenters. The zero-order valence-corrected chi connectivity index (χ0v) is 13.3. The molecule has 0 saturated carbocycles. The number of rotatable bonds is 3. The van der Waals surface area contributed by atoms with Gasteiger partial charge in [0.25, 0.3) is 5.91 Å². The molecule has 1 aliphatic rings. The minimum Gasteiger partial charge on any atom is -0.376 e. The highest BCUT2D eigenvalue weighted by atomic mass is 79.9. The first-order chi connectivity index (χ1) is 8.58. The molecule has 1 aliphatic heterocycles. The van der Waals surface area contributed by atoms with Crippen molar-refractivity contribution in [3.63, 3.8) is 0 Å². The number of halogens is 2. The van der Waals surface area contributed by atoms with Crippen molar-refractivity contribution in [3.05, 3.63) is 32.7 Å². The second-order valence-corrected chi connectivity index (χ2v) is 6.21. The van der Waals surface area contributed by atoms with E-state index in [0.29, 0.717) is 12.1 Å². The van der Waals surface area contributed by atoms with Crippen LogP contribution in [0, 0.1) is 0 Å². The molecule has 2 rings (SSSR count). The Morgan fingerprint density at radius 3 is 2.89 bits per heavy atom. The Bertz CT molecular complexity index is 445. The minimum absolute atomic E-state index is 0.0184. The first-order valence-corrected chi connectivity index (χ1v) is 7.48. The number of carbonyl (C=O) groups excluding carboxylic acids is 1. The van der Waals surface area contributed by atoms with E-state index in [1.165, 1.54) is 0 Å². The number of hydrogen-bond acceptors (Lipinski definition) is 2. The number of likely N-dealkylation sites (N-methyl/N-ethyl adjacent to an activating group) is 1. The lowest BCUT2D eigenvalue weighted by Gasteiger charge is -2.21. The highest BCUT2D eigenvalue weighted by Crippen LogP contribution is 2.23. The molecule has 1 aromatic rings. The number of nitrogens with zero attached hydrogens (tertiary/aromatic N) is 1. The van der Waals surface area contributed by atoms with Crippen LogP contribution in [0.4, 0.5) is 0 Å². The predicted octanol–water partition coefficient (Wildman–Crippen LogP) is 3.46. The van der Waals surface area contributed by atoms with Gasteiger partial charge in [0.15, 0.2) is 0 Å². The molecule has 0 bridgehead atoms. The van der Waals surface area contributed by atoms with Gasteiger partial charge in [-0.3, -0.25) is 4.79 Å². The van der Waals surface area contributed by atoms with Gasteiger partial charge in [0, 0.05) is 29.1 Å². The van der Waals surface area contributed by atoms with Crippen molar-refractivity contribution < 1.29 is 9.53 Å². The van der Waals surface area contributed by atoms with Crippen LogP contribution in [-0.2, 0) is 4.74 Å². The fourth-order valence-corrected chi connectivity index (χ4v) is 3.26. The van der Waals surface area contributed by atoms with E-state index in [2.05, 4.69) is 31.9 Å². The first kappa shape index (κ1) is 14.0. The normalized spacial score (nSPS) is 18.9. The molecule has 1 amide bonds. The van der Waals surface area contributed by atoms with Crippen LogP contribution in [0.25, 0.3) is 0 Å². The summed E-state index contributed by atoms with van der Waals surface area (Å²) < 4.78 is 7.30. The van der Waals surface area contributed by atoms with Gasteiger partial charge in [0.2, 0.25) is 0 Å². The number of benzene rings is 1. The van der Waals surface area contributed by atoms with Gasteiger partial charge in [0.05, 0.1) is 11.7 Å². The average molecular weight is 377 g/mol. The molecule has 1 saturated heterocycles. The largest absolute Gasteiger partial charge is 0.376 e. The molecule has 18 heavy (non-hydrogen) atoms. The van der Waals surface area contributed by atoms with Crippen LogP contribution in [0.1, 0.15) is 23.2 Å². The summed E-state index contributed by atoms with van der Waals surface area (Å²) in [5.41, 5.74) is 0.679. The molecule has 0 aromatic heterocycles. The summed E-state index contributed by atoms with van der Waals surface area (Å²) in [5, 5.41) is 0. The van der Waals surface area contributed by atoms with Crippen LogP contribution < -0.4 is 0 Å². The summed E-state index contributed by atoms with van der Waals surface area (Å²) in [6, 6.07) is 5.58. The van der Waals surface area contributed by atoms with Gasteiger partial charge in [-0.1, -0.05) is 15.9 Å². The standard InChI is InChI=1S/C13H15Br2NO2/c1-16(8-10-3-2-6-18-10)13(17)11-5-4-9(14)7-12(11)15/h4-5,7,10H,2-3,6,8H2,1H3. The topological polar surface area (TPSA) is 29.5 Å². The molecular formula is C13H15Br2NO2. The number of hydrogen-bond donors (Lipinski definition) is 0. The fourth-order valence-electron chi connectivity index (χ4n) is 2.05. The molecule has 1 atom stereocenters. The Morgan fingerprint density at radius 1 is 1.50 bits per heavy atom. The van der Waals surface area contributed by atoms with Gasteiger partial charge in [-0.15, -0.1) is 0 Å². The van der Waals surface area contributed by atoms with Gasteiger partial charge in [-0.2, -0.15) is 0 Å². The van der Waals surface area contributed by atoms with Crippen LogP contribution >= 0.6 is 31.9 Å². The van der Waals surface area contributed by atoms with Crippen molar-refractivity contribution in [2.75, 3.05) is 20.2 Å². The van der Waals surface area contributed by atoms with Gasteiger partial charge in [-0.25, -0.2) is 0 Å². The van der Waals surface area contributed by atoms with Crippen LogP contribution in [0.2, 0.25) is 0 Å². The van der Waals surface area contributed by atoms with Crippen LogP contribution in [0.3, 0.4) is 0 Å². The summed E-state index contributed by atoms with van der Waals surface area (Å²) in [5.74, 6) is 0.0184. The van der Waals surface area contributed by atoms with E-state index < -0.39 is 0 Å². The lowest BCUT2D eigenvalue weighted by Crippen LogP contribution is -2.34. The van der Waals surface area contributed by atoms with Crippen molar-refractivity contribution in [2.24, 2.45) is 0 Å². The van der Waals surface area contributed by atoms with Crippen molar-refractivity contribution in [3.8, 4) is 0 Å². The quantitative estimate of drug-likeness (QED) is 0.808. The average Bonchev–Trinajstić information content (AvgIpc) is 2.81. The maximum atomic E-state index is 12.3. The van der Waals surface area contributed by atoms with Crippen LogP contribution in [-0.4, -0.2) is 37.1 Å². The third kappa shape index (κ3) is 3.33. The van der Waals surface area contributed by atoms with Crippen molar-refractivity contribution in [1.29, 1.82) is 0 Å². The Kier molecular flexibility index (Phi) is 4.81. The molecule has 1 heterocycles. The molecule has 0 aliphatic carbocycles. The monoisotopic (exact) mass is 375 g/mol. The van der Waals surface area contributed by atoms with Gasteiger partial charge >= 0.3 is 0 Å². The third-order valence-electron chi connectivity index (χ3n) is 3.01. The molecular weight excluding hydrogens is 362 g/mol. The number of amides is 1. The number of carbonyl (C=O) groups is 1. The van der Waals surface area contributed by atoms with E-state index in [9.17, 15) is 4.79 Å². The Balaban J connectivity index is 2.05. The summed E-state index contributed by atoms with van der Waals surface area (Å²) in [7, 11) is 1.82. The van der Waals surface area contributed by atoms with E-state index in [1.807, 2.05) is 25.2 Å². The summed E-state index contributed by atoms with van der Waals surface area (Å²) in [4.78, 5) is 14.0. The smallest absolute Gasteiger partial charge is 0.254 e. The first-order valence-electron chi connectivity index (χ1n) is 5.90. The highest BCUT2D eigenvalue weighted by molar-refractivity contribution is 9.11. The van der Waals surface area contributed by atoms with Crippen molar-refractivity contribution >= 4 is 37.8 Å². The predicted molar refractivity (Wildman–Crippen MR) is 77.8 cm³/mol. The highest BCUT2D eigenvalue weighted by Gasteiger charge is 2.21. The molecule has 5 heteroatoms. The lowest BCUT2D eigenvalue weighted by atomic mass is 10.2. The van der Waals surface area contributed by atoms with E-state index in [1.54, 1.807) is 4.90 Å². The zero-order chi connectivity index (χ0) is 13.1. The second-order valence-electron chi connectivity index (χ2n) is 4.44. The second kappa shape index (κ2) is 6.17. The molecule has 3 nitrogen and oxygen atoms in total. The van der Waals surface area contributed by atoms with E-state index in [4.69, 9.17) is 4.74 Å². The molecule has 98 valence electrons. The fraction of sp³-hybridized carbons (Fsp3) is 0.462. The third-order valence-corrected chi connectivity index (χ3v) is 4.16. The molecule has 0 spiro atoms. The molecule has 1 aromatic carbocycles. The van der Waals surface area contributed by atoms with E-state index in [0.717, 1.165) is 28.4 Å². The Morgan fingerprint density at radius 2 is 2.28 bits per heavy atom. The Labute approximate surface area is 124 Å². The van der Waals surface area contributed by atoms with Gasteiger partial charge < -0.3 is 9.64 Å². The minimum atomic E-state index is 0.0184. The molecule has 1 fully saturated rings. The zero-order valence-electron chi connectivity index (χ0n) is 10.2. The summed E-state index contributed by atoms with van der Waals surface area (Å²) >= 11 is 6.80. The Hall–Kier alpha value is -0.390. The van der Waals surface area contributed by atoms with Crippen molar-refractivity contribution in [2.45, 2.75) is 18.9 Å². The molecule has 0 radical (unpaired) electrons. The van der Waals surface area contributed by atoms with E-state index in [-0.39, 0.29) is 12.0 Å². The lowest BCUT2D eigenvalue weighted by molar-refractivity contribution is 0.0586. The number of ether oxygens (including phenoxy) is 1. The maximum absolute atomic E-state index is 12.3. The van der Waals surface area contributed by atoms with Crippen LogP contribution in [0.15, 0.2) is 27.1 Å². The SMILES string of the molecule is CN(CC1CCCO1)C(=O)c1ccc(Br)cc1Br. The van der Waals surface area contributed by atoms with Crippen molar-refractivity contribution in [1.82, 2.24) is 4.90 Å². The van der Waals surface area contributed by atoms with Gasteiger partial charge in [0.1, 0.15) is 0 Å². The van der Waals surface area contributed by atoms with Crippen LogP contribution in [0.5, 0.6) is 0 Å². The maximum Gasteiger partial charge on any atom is 0.254 e. The molecule has 0 N–H and O–H groups in total.